The van der Waals surface area contributed by atoms with Crippen molar-refractivity contribution in [1.29, 1.82) is 0 Å². The summed E-state index contributed by atoms with van der Waals surface area (Å²) in [5.74, 6) is -0.196. The molecule has 8 heteroatoms. The molecule has 0 aliphatic carbocycles. The number of anilines is 1. The Morgan fingerprint density at radius 2 is 1.73 bits per heavy atom. The third-order valence-corrected chi connectivity index (χ3v) is 4.92. The molecule has 0 heterocycles. The van der Waals surface area contributed by atoms with Crippen LogP contribution in [0.25, 0.3) is 0 Å². The fraction of sp³-hybridized carbons (Fsp3) is 0.222. The number of ether oxygens (including phenoxy) is 2. The normalized spacial score (nSPS) is 11.5. The number of hydrogen-bond donors (Lipinski definition) is 1. The van der Waals surface area contributed by atoms with Crippen molar-refractivity contribution in [2.24, 2.45) is 0 Å². The first-order chi connectivity index (χ1) is 12.4. The Morgan fingerprint density at radius 1 is 1.12 bits per heavy atom. The second-order valence-electron chi connectivity index (χ2n) is 5.18. The van der Waals surface area contributed by atoms with Gasteiger partial charge in [0.2, 0.25) is 0 Å². The van der Waals surface area contributed by atoms with E-state index >= 15 is 0 Å². The smallest absolute Gasteiger partial charge is 0.317 e. The molecule has 0 bridgehead atoms. The van der Waals surface area contributed by atoms with E-state index in [9.17, 15) is 9.59 Å². The molecule has 0 aliphatic rings. The van der Waals surface area contributed by atoms with Gasteiger partial charge in [-0.15, -0.1) is 11.8 Å². The van der Waals surface area contributed by atoms with E-state index in [0.717, 1.165) is 10.6 Å². The maximum Gasteiger partial charge on any atom is 0.317 e. The lowest BCUT2D eigenvalue weighted by Gasteiger charge is -2.15. The Morgan fingerprint density at radius 3 is 2.31 bits per heavy atom. The van der Waals surface area contributed by atoms with Crippen molar-refractivity contribution in [2.75, 3.05) is 18.2 Å². The molecule has 1 atom stereocenters. The van der Waals surface area contributed by atoms with Crippen LogP contribution in [0, 0.1) is 0 Å². The monoisotopic (exact) mass is 413 g/mol. The molecule has 0 spiro atoms. The SMILES string of the molecule is COc1ccc(SCC(=O)O[C@H](C)C(=O)Nc2c(Cl)cccc2Cl)cc1. The van der Waals surface area contributed by atoms with Crippen molar-refractivity contribution in [3.63, 3.8) is 0 Å². The molecule has 0 unspecified atom stereocenters. The van der Waals surface area contributed by atoms with E-state index in [0.29, 0.717) is 10.0 Å². The van der Waals surface area contributed by atoms with Gasteiger partial charge in [-0.1, -0.05) is 29.3 Å². The number of thioether (sulfide) groups is 1. The van der Waals surface area contributed by atoms with E-state index in [4.69, 9.17) is 32.7 Å². The number of methoxy groups -OCH3 is 1. The van der Waals surface area contributed by atoms with Gasteiger partial charge in [0.15, 0.2) is 6.10 Å². The van der Waals surface area contributed by atoms with Crippen LogP contribution in [-0.2, 0) is 14.3 Å². The average molecular weight is 414 g/mol. The number of nitrogens with one attached hydrogen (secondary N) is 1. The summed E-state index contributed by atoms with van der Waals surface area (Å²) < 4.78 is 10.2. The summed E-state index contributed by atoms with van der Waals surface area (Å²) in [5, 5.41) is 3.18. The van der Waals surface area contributed by atoms with Crippen LogP contribution in [0.1, 0.15) is 6.92 Å². The number of rotatable bonds is 7. The molecule has 0 saturated heterocycles. The fourth-order valence-electron chi connectivity index (χ4n) is 1.94. The van der Waals surface area contributed by atoms with E-state index in [1.54, 1.807) is 37.4 Å². The number of para-hydroxylation sites is 1. The third-order valence-electron chi connectivity index (χ3n) is 3.30. The van der Waals surface area contributed by atoms with Crippen molar-refractivity contribution in [3.05, 3.63) is 52.5 Å². The van der Waals surface area contributed by atoms with Gasteiger partial charge in [0.05, 0.1) is 28.6 Å². The van der Waals surface area contributed by atoms with Gasteiger partial charge in [-0.2, -0.15) is 0 Å². The summed E-state index contributed by atoms with van der Waals surface area (Å²) >= 11 is 13.3. The molecule has 1 N–H and O–H groups in total. The van der Waals surface area contributed by atoms with Gasteiger partial charge < -0.3 is 14.8 Å². The lowest BCUT2D eigenvalue weighted by atomic mass is 10.3. The van der Waals surface area contributed by atoms with Crippen molar-refractivity contribution in [1.82, 2.24) is 0 Å². The van der Waals surface area contributed by atoms with Crippen LogP contribution >= 0.6 is 35.0 Å². The maximum absolute atomic E-state index is 12.2. The summed E-state index contributed by atoms with van der Waals surface area (Å²) in [6.07, 6.45) is -0.980. The predicted molar refractivity (Wildman–Crippen MR) is 104 cm³/mol. The van der Waals surface area contributed by atoms with E-state index in [2.05, 4.69) is 5.32 Å². The number of carbonyl (C=O) groups excluding carboxylic acids is 2. The molecule has 2 aromatic rings. The zero-order chi connectivity index (χ0) is 19.1. The minimum atomic E-state index is -0.980. The predicted octanol–water partition coefficient (Wildman–Crippen LogP) is 4.66. The van der Waals surface area contributed by atoms with E-state index < -0.39 is 18.0 Å². The molecule has 2 aromatic carbocycles. The molecule has 26 heavy (non-hydrogen) atoms. The van der Waals surface area contributed by atoms with Gasteiger partial charge in [0, 0.05) is 4.90 Å². The average Bonchev–Trinajstić information content (AvgIpc) is 2.63. The molecular formula is C18H17Cl2NO4S. The fourth-order valence-corrected chi connectivity index (χ4v) is 3.11. The molecule has 138 valence electrons. The Bertz CT molecular complexity index is 763. The van der Waals surface area contributed by atoms with Crippen molar-refractivity contribution < 1.29 is 19.1 Å². The Kier molecular flexibility index (Phi) is 7.63. The zero-order valence-corrected chi connectivity index (χ0v) is 16.5. The highest BCUT2D eigenvalue weighted by Gasteiger charge is 2.20. The molecule has 0 saturated carbocycles. The molecule has 0 fully saturated rings. The van der Waals surface area contributed by atoms with Gasteiger partial charge >= 0.3 is 5.97 Å². The number of amides is 1. The van der Waals surface area contributed by atoms with Crippen LogP contribution in [0.2, 0.25) is 10.0 Å². The van der Waals surface area contributed by atoms with Gasteiger partial charge in [-0.3, -0.25) is 9.59 Å². The standard InChI is InChI=1S/C18H17Cl2NO4S/c1-11(18(23)21-17-14(19)4-3-5-15(17)20)25-16(22)10-26-13-8-6-12(24-2)7-9-13/h3-9,11H,10H2,1-2H3,(H,21,23)/t11-/m1/s1. The van der Waals surface area contributed by atoms with Crippen LogP contribution < -0.4 is 10.1 Å². The lowest BCUT2D eigenvalue weighted by molar-refractivity contribution is -0.150. The molecule has 2 rings (SSSR count). The topological polar surface area (TPSA) is 64.6 Å². The van der Waals surface area contributed by atoms with Crippen molar-refractivity contribution in [2.45, 2.75) is 17.9 Å². The number of esters is 1. The quantitative estimate of drug-likeness (QED) is 0.527. The number of carbonyl (C=O) groups is 2. The Labute approximate surface area is 166 Å². The first-order valence-corrected chi connectivity index (χ1v) is 9.36. The highest BCUT2D eigenvalue weighted by Crippen LogP contribution is 2.30. The van der Waals surface area contributed by atoms with Gasteiger partial charge in [-0.25, -0.2) is 0 Å². The van der Waals surface area contributed by atoms with Crippen molar-refractivity contribution in [3.8, 4) is 5.75 Å². The molecule has 0 aliphatic heterocycles. The van der Waals surface area contributed by atoms with Crippen LogP contribution in [0.5, 0.6) is 5.75 Å². The van der Waals surface area contributed by atoms with Gasteiger partial charge in [-0.05, 0) is 43.3 Å². The van der Waals surface area contributed by atoms with Crippen LogP contribution in [0.3, 0.4) is 0 Å². The van der Waals surface area contributed by atoms with Crippen LogP contribution in [0.4, 0.5) is 5.69 Å². The Balaban J connectivity index is 1.84. The number of hydrogen-bond acceptors (Lipinski definition) is 5. The second-order valence-corrected chi connectivity index (χ2v) is 7.05. The Hall–Kier alpha value is -1.89. The lowest BCUT2D eigenvalue weighted by Crippen LogP contribution is -2.30. The highest BCUT2D eigenvalue weighted by atomic mass is 35.5. The minimum Gasteiger partial charge on any atom is -0.497 e. The van der Waals surface area contributed by atoms with E-state index in [-0.39, 0.29) is 11.4 Å². The third kappa shape index (κ3) is 5.83. The molecule has 0 aromatic heterocycles. The van der Waals surface area contributed by atoms with Crippen LogP contribution in [0.15, 0.2) is 47.4 Å². The minimum absolute atomic E-state index is 0.0802. The first kappa shape index (κ1) is 20.4. The van der Waals surface area contributed by atoms with Crippen molar-refractivity contribution >= 4 is 52.5 Å². The van der Waals surface area contributed by atoms with Crippen LogP contribution in [-0.4, -0.2) is 30.8 Å². The molecule has 5 nitrogen and oxygen atoms in total. The molecular weight excluding hydrogens is 397 g/mol. The largest absolute Gasteiger partial charge is 0.497 e. The summed E-state index contributed by atoms with van der Waals surface area (Å²) in [5.41, 5.74) is 0.288. The maximum atomic E-state index is 12.2. The molecule has 0 radical (unpaired) electrons. The van der Waals surface area contributed by atoms with E-state index in [1.807, 2.05) is 12.1 Å². The number of benzene rings is 2. The first-order valence-electron chi connectivity index (χ1n) is 7.62. The summed E-state index contributed by atoms with van der Waals surface area (Å²) in [6.45, 7) is 1.48. The second kappa shape index (κ2) is 9.71. The number of halogens is 2. The van der Waals surface area contributed by atoms with E-state index in [1.165, 1.54) is 18.7 Å². The summed E-state index contributed by atoms with van der Waals surface area (Å²) in [4.78, 5) is 25.0. The molecule has 1 amide bonds. The summed E-state index contributed by atoms with van der Waals surface area (Å²) in [7, 11) is 1.59. The zero-order valence-electron chi connectivity index (χ0n) is 14.1. The van der Waals surface area contributed by atoms with Gasteiger partial charge in [0.25, 0.3) is 5.91 Å². The van der Waals surface area contributed by atoms with Gasteiger partial charge in [0.1, 0.15) is 5.75 Å². The highest BCUT2D eigenvalue weighted by molar-refractivity contribution is 8.00. The summed E-state index contributed by atoms with van der Waals surface area (Å²) in [6, 6.07) is 12.2.